The zero-order valence-corrected chi connectivity index (χ0v) is 17.6. The van der Waals surface area contributed by atoms with E-state index in [1.165, 1.54) is 24.5 Å². The zero-order valence-electron chi connectivity index (χ0n) is 17.6. The monoisotopic (exact) mass is 370 g/mol. The van der Waals surface area contributed by atoms with Gasteiger partial charge < -0.3 is 4.74 Å². The number of Topliss-reactive ketones (excluding diaryl/α,β-unsaturated/α-hetero) is 1. The predicted molar refractivity (Wildman–Crippen MR) is 106 cm³/mol. The lowest BCUT2D eigenvalue weighted by Crippen LogP contribution is -2.50. The molecule has 6 atom stereocenters. The van der Waals surface area contributed by atoms with Crippen molar-refractivity contribution in [1.82, 2.24) is 0 Å². The summed E-state index contributed by atoms with van der Waals surface area (Å²) < 4.78 is 5.54. The van der Waals surface area contributed by atoms with Gasteiger partial charge in [0.15, 0.2) is 5.78 Å². The van der Waals surface area contributed by atoms with Crippen LogP contribution in [0.1, 0.15) is 79.6 Å². The molecule has 4 aliphatic rings. The van der Waals surface area contributed by atoms with E-state index < -0.39 is 0 Å². The van der Waals surface area contributed by atoms with Gasteiger partial charge in [-0.05, 0) is 86.5 Å². The van der Waals surface area contributed by atoms with E-state index in [0.29, 0.717) is 17.8 Å². The SMILES string of the molecule is CC(=O)O[C@@H]1CC[C@@]2(C)C(=CC[C@H]3[C@H]2CC[C@@]2(C)C(C(C)=O)=C(C)C[C@H]32)C1. The largest absolute Gasteiger partial charge is 0.462 e. The van der Waals surface area contributed by atoms with Gasteiger partial charge in [0.2, 0.25) is 0 Å². The average molecular weight is 371 g/mol. The van der Waals surface area contributed by atoms with Crippen molar-refractivity contribution in [3.05, 3.63) is 22.8 Å². The number of allylic oxidation sites excluding steroid dienone is 3. The van der Waals surface area contributed by atoms with Gasteiger partial charge in [-0.15, -0.1) is 0 Å². The predicted octanol–water partition coefficient (Wildman–Crippen LogP) is 5.40. The highest BCUT2D eigenvalue weighted by Gasteiger charge is 2.58. The molecular formula is C24H34O3. The first-order valence-electron chi connectivity index (χ1n) is 10.7. The minimum absolute atomic E-state index is 0.0620. The Labute approximate surface area is 163 Å². The lowest BCUT2D eigenvalue weighted by molar-refractivity contribution is -0.148. The maximum absolute atomic E-state index is 12.4. The van der Waals surface area contributed by atoms with Crippen molar-refractivity contribution in [3.8, 4) is 0 Å². The highest BCUT2D eigenvalue weighted by atomic mass is 16.5. The number of fused-ring (bicyclic) bond motifs is 5. The molecular weight excluding hydrogens is 336 g/mol. The highest BCUT2D eigenvalue weighted by molar-refractivity contribution is 5.96. The molecule has 2 saturated carbocycles. The number of ether oxygens (including phenoxy) is 1. The van der Waals surface area contributed by atoms with E-state index in [2.05, 4.69) is 26.8 Å². The molecule has 0 aliphatic heterocycles. The number of hydrogen-bond donors (Lipinski definition) is 0. The molecule has 0 unspecified atom stereocenters. The van der Waals surface area contributed by atoms with Gasteiger partial charge in [-0.1, -0.05) is 31.1 Å². The van der Waals surface area contributed by atoms with E-state index in [-0.39, 0.29) is 28.7 Å². The standard InChI is InChI=1S/C24H34O3/c1-14-12-21-19-7-6-17-13-18(27-16(3)26)8-10-23(17,4)20(19)9-11-24(21,5)22(14)15(2)25/h6,18-21H,7-13H2,1-5H3/t18-,19+,20-,21-,23+,24-/m1/s1. The minimum Gasteiger partial charge on any atom is -0.462 e. The third kappa shape index (κ3) is 2.76. The number of carbonyl (C=O) groups excluding carboxylic acids is 2. The van der Waals surface area contributed by atoms with Crippen LogP contribution in [0.3, 0.4) is 0 Å². The molecule has 0 aromatic carbocycles. The smallest absolute Gasteiger partial charge is 0.302 e. The Kier molecular flexibility index (Phi) is 4.44. The summed E-state index contributed by atoms with van der Waals surface area (Å²) in [5, 5.41) is 0. The summed E-state index contributed by atoms with van der Waals surface area (Å²) in [6, 6.07) is 0. The Morgan fingerprint density at radius 1 is 1.04 bits per heavy atom. The molecule has 0 saturated heterocycles. The van der Waals surface area contributed by atoms with Gasteiger partial charge in [0.1, 0.15) is 6.10 Å². The first-order valence-corrected chi connectivity index (χ1v) is 10.7. The summed E-state index contributed by atoms with van der Waals surface area (Å²) in [5.74, 6) is 2.12. The summed E-state index contributed by atoms with van der Waals surface area (Å²) >= 11 is 0. The third-order valence-electron chi connectivity index (χ3n) is 8.66. The molecule has 0 N–H and O–H groups in total. The molecule has 4 rings (SSSR count). The van der Waals surface area contributed by atoms with Crippen molar-refractivity contribution >= 4 is 11.8 Å². The molecule has 0 radical (unpaired) electrons. The Morgan fingerprint density at radius 2 is 1.74 bits per heavy atom. The molecule has 27 heavy (non-hydrogen) atoms. The first-order chi connectivity index (χ1) is 12.7. The quantitative estimate of drug-likeness (QED) is 0.483. The van der Waals surface area contributed by atoms with Crippen LogP contribution in [0.2, 0.25) is 0 Å². The van der Waals surface area contributed by atoms with Gasteiger partial charge in [0.05, 0.1) is 0 Å². The van der Waals surface area contributed by atoms with Crippen LogP contribution in [0.5, 0.6) is 0 Å². The number of ketones is 1. The molecule has 0 amide bonds. The summed E-state index contributed by atoms with van der Waals surface area (Å²) in [7, 11) is 0. The molecule has 2 fully saturated rings. The van der Waals surface area contributed by atoms with E-state index >= 15 is 0 Å². The Bertz CT molecular complexity index is 745. The first kappa shape index (κ1) is 19.0. The Balaban J connectivity index is 1.62. The maximum atomic E-state index is 12.4. The van der Waals surface area contributed by atoms with Gasteiger partial charge in [-0.25, -0.2) is 0 Å². The van der Waals surface area contributed by atoms with Crippen LogP contribution in [0.25, 0.3) is 0 Å². The van der Waals surface area contributed by atoms with Crippen LogP contribution in [-0.2, 0) is 14.3 Å². The fourth-order valence-electron chi connectivity index (χ4n) is 7.59. The van der Waals surface area contributed by atoms with Crippen molar-refractivity contribution in [2.45, 2.75) is 85.7 Å². The fraction of sp³-hybridized carbons (Fsp3) is 0.750. The molecule has 3 nitrogen and oxygen atoms in total. The van der Waals surface area contributed by atoms with Gasteiger partial charge in [0.25, 0.3) is 0 Å². The van der Waals surface area contributed by atoms with Gasteiger partial charge in [-0.3, -0.25) is 9.59 Å². The Morgan fingerprint density at radius 3 is 2.41 bits per heavy atom. The van der Waals surface area contributed by atoms with Gasteiger partial charge >= 0.3 is 5.97 Å². The second-order valence-electron chi connectivity index (χ2n) is 10.1. The minimum atomic E-state index is -0.157. The van der Waals surface area contributed by atoms with E-state index in [1.807, 2.05) is 0 Å². The van der Waals surface area contributed by atoms with Crippen LogP contribution < -0.4 is 0 Å². The molecule has 0 aromatic rings. The van der Waals surface area contributed by atoms with Crippen molar-refractivity contribution in [1.29, 1.82) is 0 Å². The molecule has 0 heterocycles. The van der Waals surface area contributed by atoms with E-state index in [0.717, 1.165) is 44.1 Å². The number of hydrogen-bond acceptors (Lipinski definition) is 3. The lowest BCUT2D eigenvalue weighted by Gasteiger charge is -2.57. The number of rotatable bonds is 2. The maximum Gasteiger partial charge on any atom is 0.302 e. The lowest BCUT2D eigenvalue weighted by atomic mass is 9.47. The average Bonchev–Trinajstić information content (AvgIpc) is 2.85. The normalized spacial score (nSPS) is 43.4. The van der Waals surface area contributed by atoms with Crippen LogP contribution in [0.15, 0.2) is 22.8 Å². The van der Waals surface area contributed by atoms with Crippen LogP contribution in [-0.4, -0.2) is 17.9 Å². The van der Waals surface area contributed by atoms with Crippen molar-refractivity contribution < 1.29 is 14.3 Å². The summed E-state index contributed by atoms with van der Waals surface area (Å²) in [6.45, 7) is 10.3. The zero-order chi connectivity index (χ0) is 19.6. The molecule has 4 aliphatic carbocycles. The third-order valence-corrected chi connectivity index (χ3v) is 8.66. The van der Waals surface area contributed by atoms with Crippen molar-refractivity contribution in [3.63, 3.8) is 0 Å². The number of carbonyl (C=O) groups is 2. The molecule has 148 valence electrons. The molecule has 0 spiro atoms. The molecule has 0 aromatic heterocycles. The van der Waals surface area contributed by atoms with Crippen LogP contribution >= 0.6 is 0 Å². The summed E-state index contributed by atoms with van der Waals surface area (Å²) in [6.07, 6.45) is 10.1. The number of esters is 1. The van der Waals surface area contributed by atoms with Crippen LogP contribution in [0.4, 0.5) is 0 Å². The fourth-order valence-corrected chi connectivity index (χ4v) is 7.59. The second kappa shape index (κ2) is 6.32. The van der Waals surface area contributed by atoms with Crippen LogP contribution in [0, 0.1) is 28.6 Å². The molecule has 3 heteroatoms. The summed E-state index contributed by atoms with van der Waals surface area (Å²) in [5.41, 5.74) is 4.33. The van der Waals surface area contributed by atoms with Crippen molar-refractivity contribution in [2.24, 2.45) is 28.6 Å². The second-order valence-corrected chi connectivity index (χ2v) is 10.1. The van der Waals surface area contributed by atoms with E-state index in [9.17, 15) is 9.59 Å². The molecule has 0 bridgehead atoms. The Hall–Kier alpha value is -1.38. The van der Waals surface area contributed by atoms with E-state index in [4.69, 9.17) is 4.74 Å². The van der Waals surface area contributed by atoms with Crippen molar-refractivity contribution in [2.75, 3.05) is 0 Å². The van der Waals surface area contributed by atoms with E-state index in [1.54, 1.807) is 6.92 Å². The van der Waals surface area contributed by atoms with Gasteiger partial charge in [0, 0.05) is 13.3 Å². The summed E-state index contributed by atoms with van der Waals surface area (Å²) in [4.78, 5) is 23.8. The highest BCUT2D eigenvalue weighted by Crippen LogP contribution is 2.66. The topological polar surface area (TPSA) is 43.4 Å². The van der Waals surface area contributed by atoms with Gasteiger partial charge in [-0.2, -0.15) is 0 Å².